The SMILES string of the molecule is CCCCN(CCc1ccc(C(=O)N[C@@H](CCSC)C(=O)[O-])c(-c2ccccc2C)c1)CC1CCCCC1.[Li+]. The van der Waals surface area contributed by atoms with Crippen LogP contribution in [0.5, 0.6) is 0 Å². The molecule has 0 aliphatic heterocycles. The van der Waals surface area contributed by atoms with Gasteiger partial charge in [0, 0.05) is 18.7 Å². The summed E-state index contributed by atoms with van der Waals surface area (Å²) in [7, 11) is 0. The average molecular weight is 545 g/mol. The van der Waals surface area contributed by atoms with Crippen molar-refractivity contribution in [2.45, 2.75) is 77.7 Å². The van der Waals surface area contributed by atoms with Gasteiger partial charge in [0.1, 0.15) is 0 Å². The molecule has 1 aliphatic rings. The van der Waals surface area contributed by atoms with Gasteiger partial charge < -0.3 is 20.1 Å². The number of thioether (sulfide) groups is 1. The van der Waals surface area contributed by atoms with Gasteiger partial charge in [-0.3, -0.25) is 4.79 Å². The third kappa shape index (κ3) is 10.7. The van der Waals surface area contributed by atoms with Crippen LogP contribution in [0, 0.1) is 12.8 Å². The molecule has 7 heteroatoms. The molecule has 0 radical (unpaired) electrons. The van der Waals surface area contributed by atoms with Crippen LogP contribution in [0.1, 0.15) is 79.8 Å². The van der Waals surface area contributed by atoms with Gasteiger partial charge >= 0.3 is 18.9 Å². The number of rotatable bonds is 15. The Labute approximate surface area is 252 Å². The molecular formula is C32H45LiN2O3S. The van der Waals surface area contributed by atoms with E-state index in [2.05, 4.69) is 23.2 Å². The summed E-state index contributed by atoms with van der Waals surface area (Å²) < 4.78 is 0. The van der Waals surface area contributed by atoms with Crippen LogP contribution in [-0.4, -0.2) is 54.5 Å². The number of amides is 1. The van der Waals surface area contributed by atoms with Gasteiger partial charge in [-0.15, -0.1) is 0 Å². The van der Waals surface area contributed by atoms with Crippen molar-refractivity contribution >= 4 is 23.6 Å². The van der Waals surface area contributed by atoms with E-state index < -0.39 is 12.0 Å². The quantitative estimate of drug-likeness (QED) is 0.349. The van der Waals surface area contributed by atoms with E-state index in [1.165, 1.54) is 57.1 Å². The van der Waals surface area contributed by atoms with Crippen molar-refractivity contribution in [3.63, 3.8) is 0 Å². The van der Waals surface area contributed by atoms with E-state index in [1.807, 2.05) is 49.6 Å². The van der Waals surface area contributed by atoms with Crippen LogP contribution >= 0.6 is 11.8 Å². The molecule has 0 aromatic heterocycles. The minimum absolute atomic E-state index is 0. The number of carbonyl (C=O) groups excluding carboxylic acids is 2. The number of benzene rings is 2. The Kier molecular flexibility index (Phi) is 15.3. The van der Waals surface area contributed by atoms with Crippen molar-refractivity contribution in [3.05, 3.63) is 59.2 Å². The molecule has 2 aromatic carbocycles. The van der Waals surface area contributed by atoms with Gasteiger partial charge in [-0.25, -0.2) is 0 Å². The second-order valence-electron chi connectivity index (χ2n) is 10.7. The number of carboxylic acid groups (broad SMARTS) is 1. The maximum atomic E-state index is 13.3. The van der Waals surface area contributed by atoms with Crippen molar-refractivity contribution in [2.75, 3.05) is 31.6 Å². The van der Waals surface area contributed by atoms with E-state index in [0.717, 1.165) is 42.1 Å². The number of unbranched alkanes of at least 4 members (excludes halogenated alkanes) is 1. The summed E-state index contributed by atoms with van der Waals surface area (Å²) in [6.07, 6.45) is 12.4. The monoisotopic (exact) mass is 544 g/mol. The Balaban J connectivity index is 0.00000533. The topological polar surface area (TPSA) is 72.5 Å². The van der Waals surface area contributed by atoms with Crippen LogP contribution in [0.4, 0.5) is 0 Å². The summed E-state index contributed by atoms with van der Waals surface area (Å²) in [5, 5.41) is 14.4. The molecule has 0 heterocycles. The molecule has 2 aromatic rings. The van der Waals surface area contributed by atoms with Gasteiger partial charge in [0.15, 0.2) is 0 Å². The fraction of sp³-hybridized carbons (Fsp3) is 0.562. The van der Waals surface area contributed by atoms with Gasteiger partial charge in [0.25, 0.3) is 5.91 Å². The van der Waals surface area contributed by atoms with E-state index >= 15 is 0 Å². The Morgan fingerprint density at radius 1 is 1.08 bits per heavy atom. The molecule has 0 bridgehead atoms. The second kappa shape index (κ2) is 17.9. The second-order valence-corrected chi connectivity index (χ2v) is 11.7. The molecule has 5 nitrogen and oxygen atoms in total. The minimum Gasteiger partial charge on any atom is -0.548 e. The van der Waals surface area contributed by atoms with Gasteiger partial charge in [0.2, 0.25) is 0 Å². The van der Waals surface area contributed by atoms with E-state index in [1.54, 1.807) is 11.8 Å². The van der Waals surface area contributed by atoms with Crippen molar-refractivity contribution in [1.82, 2.24) is 10.2 Å². The number of hydrogen-bond acceptors (Lipinski definition) is 5. The van der Waals surface area contributed by atoms with E-state index in [4.69, 9.17) is 0 Å². The standard InChI is InChI=1S/C32H46N2O3S.Li/c1-4-5-19-34(23-26-12-7-6-8-13-26)20-17-25-15-16-28(29(22-25)27-14-10-9-11-24(27)2)31(35)33-30(32(36)37)18-21-38-3;/h9-11,14-16,22,26,30H,4-8,12-13,17-21,23H2,1-3H3,(H,33,35)(H,36,37);/q;+1/p-1/t30-;/m0./s1. The van der Waals surface area contributed by atoms with Crippen LogP contribution in [0.15, 0.2) is 42.5 Å². The Morgan fingerprint density at radius 3 is 2.49 bits per heavy atom. The molecule has 0 saturated heterocycles. The van der Waals surface area contributed by atoms with E-state index in [0.29, 0.717) is 17.7 Å². The van der Waals surface area contributed by atoms with E-state index in [-0.39, 0.29) is 24.8 Å². The van der Waals surface area contributed by atoms with Crippen LogP contribution in [0.2, 0.25) is 0 Å². The number of carboxylic acids is 1. The fourth-order valence-electron chi connectivity index (χ4n) is 5.46. The van der Waals surface area contributed by atoms with Crippen LogP contribution in [0.3, 0.4) is 0 Å². The van der Waals surface area contributed by atoms with Gasteiger partial charge in [-0.2, -0.15) is 11.8 Å². The Bertz CT molecular complexity index is 1040. The number of nitrogens with one attached hydrogen (secondary N) is 1. The summed E-state index contributed by atoms with van der Waals surface area (Å²) in [6, 6.07) is 13.1. The zero-order chi connectivity index (χ0) is 27.3. The number of aliphatic carboxylic acids is 1. The molecule has 3 rings (SSSR count). The fourth-order valence-corrected chi connectivity index (χ4v) is 5.93. The molecule has 1 N–H and O–H groups in total. The predicted molar refractivity (Wildman–Crippen MR) is 158 cm³/mol. The van der Waals surface area contributed by atoms with Crippen LogP contribution < -0.4 is 29.3 Å². The van der Waals surface area contributed by atoms with Crippen molar-refractivity contribution in [2.24, 2.45) is 5.92 Å². The molecule has 0 unspecified atom stereocenters. The summed E-state index contributed by atoms with van der Waals surface area (Å²) in [4.78, 5) is 27.6. The predicted octanol–water partition coefficient (Wildman–Crippen LogP) is 2.49. The first-order valence-corrected chi connectivity index (χ1v) is 15.7. The first-order valence-electron chi connectivity index (χ1n) is 14.3. The number of hydrogen-bond donors (Lipinski definition) is 1. The van der Waals surface area contributed by atoms with E-state index in [9.17, 15) is 14.7 Å². The smallest absolute Gasteiger partial charge is 0.548 e. The normalized spacial score (nSPS) is 14.6. The van der Waals surface area contributed by atoms with Crippen molar-refractivity contribution < 1.29 is 33.6 Å². The number of nitrogens with zero attached hydrogens (tertiary/aromatic N) is 1. The molecule has 1 atom stereocenters. The largest absolute Gasteiger partial charge is 1.00 e. The van der Waals surface area contributed by atoms with Gasteiger partial charge in [0.05, 0.1) is 12.0 Å². The Hall–Kier alpha value is -1.71. The zero-order valence-corrected chi connectivity index (χ0v) is 25.3. The minimum atomic E-state index is -1.24. The van der Waals surface area contributed by atoms with Crippen LogP contribution in [-0.2, 0) is 11.2 Å². The van der Waals surface area contributed by atoms with Crippen molar-refractivity contribution in [3.8, 4) is 11.1 Å². The summed E-state index contributed by atoms with van der Waals surface area (Å²) in [5.41, 5.74) is 4.64. The molecule has 1 amide bonds. The average Bonchev–Trinajstić information content (AvgIpc) is 2.93. The van der Waals surface area contributed by atoms with Gasteiger partial charge in [-0.1, -0.05) is 69.0 Å². The molecule has 0 spiro atoms. The molecule has 1 fully saturated rings. The van der Waals surface area contributed by atoms with Crippen LogP contribution in [0.25, 0.3) is 11.1 Å². The Morgan fingerprint density at radius 2 is 1.82 bits per heavy atom. The summed E-state index contributed by atoms with van der Waals surface area (Å²) in [5.74, 6) is -0.159. The number of aryl methyl sites for hydroxylation is 1. The molecular weight excluding hydrogens is 499 g/mol. The summed E-state index contributed by atoms with van der Waals surface area (Å²) in [6.45, 7) is 7.63. The maximum absolute atomic E-state index is 13.3. The summed E-state index contributed by atoms with van der Waals surface area (Å²) >= 11 is 1.55. The first-order chi connectivity index (χ1) is 18.4. The molecule has 39 heavy (non-hydrogen) atoms. The third-order valence-corrected chi connectivity index (χ3v) is 8.39. The molecule has 208 valence electrons. The maximum Gasteiger partial charge on any atom is 1.00 e. The molecule has 1 aliphatic carbocycles. The van der Waals surface area contributed by atoms with Gasteiger partial charge in [-0.05, 0) is 91.8 Å². The third-order valence-electron chi connectivity index (χ3n) is 7.75. The zero-order valence-electron chi connectivity index (χ0n) is 24.5. The first kappa shape index (κ1) is 33.5. The van der Waals surface area contributed by atoms with Crippen molar-refractivity contribution in [1.29, 1.82) is 0 Å². The molecule has 1 saturated carbocycles. The number of carbonyl (C=O) groups is 2.